The topological polar surface area (TPSA) is 75.9 Å². The summed E-state index contributed by atoms with van der Waals surface area (Å²) in [5, 5.41) is 2.15. The van der Waals surface area contributed by atoms with Crippen LogP contribution in [0.1, 0.15) is 43.0 Å². The largest absolute Gasteiger partial charge is 0.330 e. The fraction of sp³-hybridized carbons (Fsp3) is 0.526. The van der Waals surface area contributed by atoms with Crippen LogP contribution in [0.2, 0.25) is 0 Å². The molecule has 0 atom stereocenters. The van der Waals surface area contributed by atoms with Crippen LogP contribution >= 0.6 is 11.3 Å². The molecule has 0 aromatic carbocycles. The number of hydrogen-bond acceptors (Lipinski definition) is 5. The van der Waals surface area contributed by atoms with Crippen molar-refractivity contribution in [2.45, 2.75) is 59.3 Å². The maximum atomic E-state index is 12.5. The van der Waals surface area contributed by atoms with Crippen LogP contribution in [0.4, 0.5) is 0 Å². The van der Waals surface area contributed by atoms with Crippen molar-refractivity contribution in [3.8, 4) is 0 Å². The van der Waals surface area contributed by atoms with Gasteiger partial charge in [0.05, 0.1) is 6.54 Å². The van der Waals surface area contributed by atoms with Crippen molar-refractivity contribution in [1.82, 2.24) is 24.0 Å². The van der Waals surface area contributed by atoms with Crippen molar-refractivity contribution in [2.24, 2.45) is 0 Å². The summed E-state index contributed by atoms with van der Waals surface area (Å²) >= 11 is 1.83. The van der Waals surface area contributed by atoms with E-state index in [1.807, 2.05) is 22.8 Å². The number of nitrogens with zero attached hydrogens (tertiary/aromatic N) is 4. The van der Waals surface area contributed by atoms with Gasteiger partial charge in [0.25, 0.3) is 5.56 Å². The molecule has 4 heterocycles. The Hall–Kier alpha value is -2.19. The Balaban J connectivity index is 1.74. The van der Waals surface area contributed by atoms with Gasteiger partial charge in [-0.1, -0.05) is 13.3 Å². The number of unbranched alkanes of at least 4 members (excludes halogenated alkanes) is 1. The summed E-state index contributed by atoms with van der Waals surface area (Å²) in [6, 6.07) is 2.20. The third kappa shape index (κ3) is 3.27. The molecule has 0 spiro atoms. The maximum Gasteiger partial charge on any atom is 0.330 e. The molecule has 4 rings (SSSR count). The Kier molecular flexibility index (Phi) is 5.01. The van der Waals surface area contributed by atoms with Crippen LogP contribution in [0.5, 0.6) is 0 Å². The van der Waals surface area contributed by atoms with Gasteiger partial charge in [-0.05, 0) is 36.8 Å². The van der Waals surface area contributed by atoms with Gasteiger partial charge in [-0.2, -0.15) is 0 Å². The van der Waals surface area contributed by atoms with E-state index < -0.39 is 0 Å². The zero-order valence-electron chi connectivity index (χ0n) is 15.8. The Morgan fingerprint density at radius 2 is 2.11 bits per heavy atom. The lowest BCUT2D eigenvalue weighted by molar-refractivity contribution is 0.238. The molecule has 8 heteroatoms. The molecule has 0 saturated carbocycles. The van der Waals surface area contributed by atoms with E-state index in [0.717, 1.165) is 38.2 Å². The van der Waals surface area contributed by atoms with E-state index in [9.17, 15) is 9.59 Å². The standard InChI is InChI=1S/C19H25N5O2S/c1-3-5-8-24-17-16(18(25)21-19(24)26)23(4-2)15(20-17)12-22-9-6-14-13(11-22)7-10-27-14/h7,10H,3-6,8-9,11-12H2,1-2H3,(H,21,25,26). The minimum atomic E-state index is -0.367. The van der Waals surface area contributed by atoms with Gasteiger partial charge < -0.3 is 4.57 Å². The third-order valence-corrected chi connectivity index (χ3v) is 6.29. The van der Waals surface area contributed by atoms with E-state index in [0.29, 0.717) is 30.8 Å². The first-order chi connectivity index (χ1) is 13.1. The molecule has 0 unspecified atom stereocenters. The Morgan fingerprint density at radius 3 is 2.89 bits per heavy atom. The van der Waals surface area contributed by atoms with E-state index in [4.69, 9.17) is 4.98 Å². The molecule has 3 aromatic heterocycles. The summed E-state index contributed by atoms with van der Waals surface area (Å²) in [6.07, 6.45) is 2.91. The monoisotopic (exact) mass is 387 g/mol. The summed E-state index contributed by atoms with van der Waals surface area (Å²) in [5.41, 5.74) is 1.71. The molecular formula is C19H25N5O2S. The summed E-state index contributed by atoms with van der Waals surface area (Å²) in [7, 11) is 0. The molecule has 27 heavy (non-hydrogen) atoms. The average Bonchev–Trinajstić information content (AvgIpc) is 3.25. The molecule has 3 aromatic rings. The molecule has 0 saturated heterocycles. The molecule has 0 bridgehead atoms. The second kappa shape index (κ2) is 7.44. The minimum absolute atomic E-state index is 0.345. The molecular weight excluding hydrogens is 362 g/mol. The minimum Gasteiger partial charge on any atom is -0.321 e. The van der Waals surface area contributed by atoms with Crippen molar-refractivity contribution in [3.05, 3.63) is 48.5 Å². The molecule has 0 fully saturated rings. The summed E-state index contributed by atoms with van der Waals surface area (Å²) < 4.78 is 3.57. The van der Waals surface area contributed by atoms with Crippen LogP contribution in [0.15, 0.2) is 21.0 Å². The Morgan fingerprint density at radius 1 is 1.26 bits per heavy atom. The molecule has 0 aliphatic carbocycles. The van der Waals surface area contributed by atoms with E-state index in [2.05, 4.69) is 28.3 Å². The lowest BCUT2D eigenvalue weighted by atomic mass is 10.1. The predicted molar refractivity (Wildman–Crippen MR) is 107 cm³/mol. The Bertz CT molecular complexity index is 1070. The molecule has 144 valence electrons. The number of H-pyrrole nitrogens is 1. The van der Waals surface area contributed by atoms with Gasteiger partial charge >= 0.3 is 5.69 Å². The highest BCUT2D eigenvalue weighted by molar-refractivity contribution is 7.10. The van der Waals surface area contributed by atoms with E-state index in [-0.39, 0.29) is 11.2 Å². The van der Waals surface area contributed by atoms with Gasteiger partial charge in [0.2, 0.25) is 0 Å². The van der Waals surface area contributed by atoms with E-state index >= 15 is 0 Å². The SMILES string of the molecule is CCCCn1c(=O)[nH]c(=O)c2c1nc(CN1CCc3sccc3C1)n2CC. The molecule has 0 radical (unpaired) electrons. The number of hydrogen-bond donors (Lipinski definition) is 1. The van der Waals surface area contributed by atoms with Crippen molar-refractivity contribution >= 4 is 22.5 Å². The summed E-state index contributed by atoms with van der Waals surface area (Å²) in [4.78, 5) is 35.9. The number of thiophene rings is 1. The number of aromatic amines is 1. The lowest BCUT2D eigenvalue weighted by Gasteiger charge is -2.26. The molecule has 0 amide bonds. The maximum absolute atomic E-state index is 12.5. The fourth-order valence-electron chi connectivity index (χ4n) is 3.84. The number of fused-ring (bicyclic) bond motifs is 2. The highest BCUT2D eigenvalue weighted by atomic mass is 32.1. The second-order valence-electron chi connectivity index (χ2n) is 7.04. The van der Waals surface area contributed by atoms with Crippen molar-refractivity contribution < 1.29 is 0 Å². The highest BCUT2D eigenvalue weighted by Gasteiger charge is 2.22. The zero-order valence-corrected chi connectivity index (χ0v) is 16.6. The van der Waals surface area contributed by atoms with Gasteiger partial charge in [0.15, 0.2) is 11.2 Å². The molecule has 7 nitrogen and oxygen atoms in total. The number of aryl methyl sites for hydroxylation is 2. The van der Waals surface area contributed by atoms with Crippen LogP contribution in [-0.2, 0) is 32.6 Å². The van der Waals surface area contributed by atoms with Gasteiger partial charge in [0, 0.05) is 31.1 Å². The van der Waals surface area contributed by atoms with Gasteiger partial charge in [0.1, 0.15) is 5.82 Å². The van der Waals surface area contributed by atoms with E-state index in [1.165, 1.54) is 10.4 Å². The van der Waals surface area contributed by atoms with E-state index in [1.54, 1.807) is 4.57 Å². The quantitative estimate of drug-likeness (QED) is 0.704. The first-order valence-corrected chi connectivity index (χ1v) is 10.5. The molecule has 1 aliphatic heterocycles. The number of aromatic nitrogens is 4. The fourth-order valence-corrected chi connectivity index (χ4v) is 4.73. The smallest absolute Gasteiger partial charge is 0.321 e. The van der Waals surface area contributed by atoms with Crippen LogP contribution in [-0.4, -0.2) is 30.5 Å². The van der Waals surface area contributed by atoms with Crippen LogP contribution < -0.4 is 11.2 Å². The summed E-state index contributed by atoms with van der Waals surface area (Å²) in [5.74, 6) is 0.854. The third-order valence-electron chi connectivity index (χ3n) is 5.27. The number of imidazole rings is 1. The summed E-state index contributed by atoms with van der Waals surface area (Å²) in [6.45, 7) is 7.89. The van der Waals surface area contributed by atoms with Crippen LogP contribution in [0.25, 0.3) is 11.2 Å². The first kappa shape index (κ1) is 18.2. The molecule has 1 N–H and O–H groups in total. The zero-order chi connectivity index (χ0) is 19.0. The van der Waals surface area contributed by atoms with Gasteiger partial charge in [-0.25, -0.2) is 9.78 Å². The normalized spacial score (nSPS) is 14.7. The predicted octanol–water partition coefficient (Wildman–Crippen LogP) is 2.33. The van der Waals surface area contributed by atoms with Gasteiger partial charge in [-0.15, -0.1) is 11.3 Å². The number of nitrogens with one attached hydrogen (secondary N) is 1. The van der Waals surface area contributed by atoms with Crippen molar-refractivity contribution in [2.75, 3.05) is 6.54 Å². The van der Waals surface area contributed by atoms with Crippen LogP contribution in [0.3, 0.4) is 0 Å². The Labute approximate surface area is 161 Å². The number of rotatable bonds is 6. The lowest BCUT2D eigenvalue weighted by Crippen LogP contribution is -2.31. The highest BCUT2D eigenvalue weighted by Crippen LogP contribution is 2.25. The molecule has 1 aliphatic rings. The van der Waals surface area contributed by atoms with Crippen LogP contribution in [0, 0.1) is 0 Å². The second-order valence-corrected chi connectivity index (χ2v) is 8.04. The van der Waals surface area contributed by atoms with Crippen molar-refractivity contribution in [1.29, 1.82) is 0 Å². The van der Waals surface area contributed by atoms with Crippen molar-refractivity contribution in [3.63, 3.8) is 0 Å². The van der Waals surface area contributed by atoms with Gasteiger partial charge in [-0.3, -0.25) is 19.2 Å². The first-order valence-electron chi connectivity index (χ1n) is 9.62. The average molecular weight is 388 g/mol.